The van der Waals surface area contributed by atoms with E-state index >= 15 is 0 Å². The number of carbonyl (C=O) groups excluding carboxylic acids is 1. The summed E-state index contributed by atoms with van der Waals surface area (Å²) < 4.78 is 10.1. The quantitative estimate of drug-likeness (QED) is 0.503. The number of hydrogen-bond donors (Lipinski definition) is 2. The fourth-order valence-corrected chi connectivity index (χ4v) is 1.95. The van der Waals surface area contributed by atoms with Crippen molar-refractivity contribution < 1.29 is 24.5 Å². The number of ketones is 1. The maximum atomic E-state index is 12.3. The number of methoxy groups -OCH3 is 2. The fourth-order valence-electron chi connectivity index (χ4n) is 1.95. The normalized spacial score (nSPS) is 11.5. The minimum Gasteiger partial charge on any atom is -0.504 e. The molecule has 22 heavy (non-hydrogen) atoms. The van der Waals surface area contributed by atoms with Crippen molar-refractivity contribution in [2.75, 3.05) is 14.2 Å². The Morgan fingerprint density at radius 2 is 1.55 bits per heavy atom. The highest BCUT2D eigenvalue weighted by atomic mass is 16.5. The van der Waals surface area contributed by atoms with Gasteiger partial charge in [-0.3, -0.25) is 4.79 Å². The summed E-state index contributed by atoms with van der Waals surface area (Å²) >= 11 is 0. The molecule has 0 aromatic heterocycles. The third-order valence-electron chi connectivity index (χ3n) is 3.15. The van der Waals surface area contributed by atoms with Crippen molar-refractivity contribution in [3.63, 3.8) is 0 Å². The van der Waals surface area contributed by atoms with Gasteiger partial charge >= 0.3 is 0 Å². The maximum Gasteiger partial charge on any atom is 0.234 e. The van der Waals surface area contributed by atoms with Crippen LogP contribution in [0.25, 0.3) is 5.76 Å². The molecule has 0 unspecified atom stereocenters. The highest BCUT2D eigenvalue weighted by Gasteiger charge is 2.20. The van der Waals surface area contributed by atoms with Crippen molar-refractivity contribution >= 4 is 11.5 Å². The number of hydrogen-bond acceptors (Lipinski definition) is 5. The molecule has 0 fully saturated rings. The molecular formula is C17H16O5. The van der Waals surface area contributed by atoms with Crippen LogP contribution in [0.15, 0.2) is 54.3 Å². The molecule has 0 aliphatic carbocycles. The van der Waals surface area contributed by atoms with Gasteiger partial charge in [0, 0.05) is 5.56 Å². The lowest BCUT2D eigenvalue weighted by molar-refractivity contribution is 0.0972. The van der Waals surface area contributed by atoms with Crippen molar-refractivity contribution in [3.8, 4) is 11.5 Å². The fraction of sp³-hybridized carbons (Fsp3) is 0.118. The Morgan fingerprint density at radius 1 is 0.909 bits per heavy atom. The standard InChI is InChI=1S/C17H16O5/c1-21-12-9-7-11(8-10-12)15(18)17(20)16(19)13-5-3-4-6-14(13)22-2/h3-10,18,20H,1-2H3. The van der Waals surface area contributed by atoms with Crippen LogP contribution in [0.2, 0.25) is 0 Å². The summed E-state index contributed by atoms with van der Waals surface area (Å²) in [6.07, 6.45) is 0. The zero-order valence-corrected chi connectivity index (χ0v) is 12.2. The van der Waals surface area contributed by atoms with Gasteiger partial charge in [0.1, 0.15) is 11.5 Å². The average molecular weight is 300 g/mol. The van der Waals surface area contributed by atoms with Gasteiger partial charge in [0.25, 0.3) is 0 Å². The molecule has 2 N–H and O–H groups in total. The van der Waals surface area contributed by atoms with Gasteiger partial charge < -0.3 is 19.7 Å². The van der Waals surface area contributed by atoms with E-state index in [0.717, 1.165) is 0 Å². The van der Waals surface area contributed by atoms with Gasteiger partial charge in [-0.15, -0.1) is 0 Å². The molecule has 0 atom stereocenters. The highest BCUT2D eigenvalue weighted by Crippen LogP contribution is 2.24. The van der Waals surface area contributed by atoms with E-state index in [2.05, 4.69) is 0 Å². The van der Waals surface area contributed by atoms with E-state index in [1.165, 1.54) is 20.3 Å². The van der Waals surface area contributed by atoms with E-state index in [1.807, 2.05) is 0 Å². The molecule has 0 bridgehead atoms. The molecule has 2 aromatic carbocycles. The van der Waals surface area contributed by atoms with Crippen molar-refractivity contribution in [1.29, 1.82) is 0 Å². The molecule has 0 aliphatic heterocycles. The van der Waals surface area contributed by atoms with Gasteiger partial charge in [0.15, 0.2) is 5.76 Å². The molecule has 2 aromatic rings. The molecule has 2 rings (SSSR count). The molecule has 0 heterocycles. The summed E-state index contributed by atoms with van der Waals surface area (Å²) in [7, 11) is 2.95. The molecule has 0 spiro atoms. The number of para-hydroxylation sites is 1. The number of allylic oxidation sites excluding steroid dienone is 1. The van der Waals surface area contributed by atoms with Crippen molar-refractivity contribution in [3.05, 3.63) is 65.4 Å². The SMILES string of the molecule is COc1ccc(C(O)=C(O)C(=O)c2ccccc2OC)cc1. The predicted octanol–water partition coefficient (Wildman–Crippen LogP) is 3.37. The number of aliphatic hydroxyl groups is 2. The lowest BCUT2D eigenvalue weighted by atomic mass is 10.1. The molecule has 0 amide bonds. The first-order chi connectivity index (χ1) is 10.6. The number of ether oxygens (including phenoxy) is 2. The van der Waals surface area contributed by atoms with Crippen LogP contribution in [0.4, 0.5) is 0 Å². The van der Waals surface area contributed by atoms with Gasteiger partial charge in [0.05, 0.1) is 19.8 Å². The van der Waals surface area contributed by atoms with Crippen LogP contribution in [-0.2, 0) is 0 Å². The van der Waals surface area contributed by atoms with Crippen LogP contribution in [0, 0.1) is 0 Å². The largest absolute Gasteiger partial charge is 0.504 e. The van der Waals surface area contributed by atoms with Gasteiger partial charge in [0.2, 0.25) is 11.5 Å². The topological polar surface area (TPSA) is 76.0 Å². The Labute approximate surface area is 128 Å². The summed E-state index contributed by atoms with van der Waals surface area (Å²) in [5.74, 6) is -1.03. The lowest BCUT2D eigenvalue weighted by Gasteiger charge is -2.08. The van der Waals surface area contributed by atoms with Crippen molar-refractivity contribution in [2.45, 2.75) is 0 Å². The third kappa shape index (κ3) is 3.03. The summed E-state index contributed by atoms with van der Waals surface area (Å²) in [6.45, 7) is 0. The number of rotatable bonds is 5. The number of aliphatic hydroxyl groups excluding tert-OH is 2. The first kappa shape index (κ1) is 15.4. The van der Waals surface area contributed by atoms with Crippen LogP contribution in [0.3, 0.4) is 0 Å². The zero-order chi connectivity index (χ0) is 16.1. The summed E-state index contributed by atoms with van der Waals surface area (Å²) in [6, 6.07) is 12.8. The van der Waals surface area contributed by atoms with Gasteiger partial charge in [-0.25, -0.2) is 0 Å². The Hall–Kier alpha value is -2.95. The van der Waals surface area contributed by atoms with E-state index in [1.54, 1.807) is 42.5 Å². The molecular weight excluding hydrogens is 284 g/mol. The van der Waals surface area contributed by atoms with E-state index in [0.29, 0.717) is 17.1 Å². The van der Waals surface area contributed by atoms with E-state index in [9.17, 15) is 15.0 Å². The Kier molecular flexibility index (Phi) is 4.68. The van der Waals surface area contributed by atoms with Crippen molar-refractivity contribution in [2.24, 2.45) is 0 Å². The van der Waals surface area contributed by atoms with E-state index in [-0.39, 0.29) is 5.56 Å². The molecule has 0 radical (unpaired) electrons. The number of benzene rings is 2. The van der Waals surface area contributed by atoms with Crippen LogP contribution >= 0.6 is 0 Å². The van der Waals surface area contributed by atoms with Crippen LogP contribution in [-0.4, -0.2) is 30.2 Å². The molecule has 0 saturated heterocycles. The van der Waals surface area contributed by atoms with Crippen LogP contribution < -0.4 is 9.47 Å². The maximum absolute atomic E-state index is 12.3. The number of carbonyl (C=O) groups is 1. The highest BCUT2D eigenvalue weighted by molar-refractivity contribution is 6.12. The Balaban J connectivity index is 2.38. The first-order valence-electron chi connectivity index (χ1n) is 6.52. The summed E-state index contributed by atoms with van der Waals surface area (Å²) in [4.78, 5) is 12.3. The average Bonchev–Trinajstić information content (AvgIpc) is 2.59. The number of Topliss-reactive ketones (excluding diaryl/α,β-unsaturated/α-hetero) is 1. The smallest absolute Gasteiger partial charge is 0.234 e. The molecule has 5 heteroatoms. The predicted molar refractivity (Wildman–Crippen MR) is 82.5 cm³/mol. The van der Waals surface area contributed by atoms with Crippen LogP contribution in [0.5, 0.6) is 11.5 Å². The Morgan fingerprint density at radius 3 is 2.14 bits per heavy atom. The first-order valence-corrected chi connectivity index (χ1v) is 6.52. The molecule has 5 nitrogen and oxygen atoms in total. The minimum absolute atomic E-state index is 0.169. The lowest BCUT2D eigenvalue weighted by Crippen LogP contribution is -2.07. The second kappa shape index (κ2) is 6.67. The van der Waals surface area contributed by atoms with Gasteiger partial charge in [-0.1, -0.05) is 12.1 Å². The summed E-state index contributed by atoms with van der Waals surface area (Å²) in [5, 5.41) is 20.1. The molecule has 114 valence electrons. The van der Waals surface area contributed by atoms with Crippen LogP contribution in [0.1, 0.15) is 15.9 Å². The minimum atomic E-state index is -0.741. The Bertz CT molecular complexity index is 701. The third-order valence-corrected chi connectivity index (χ3v) is 3.15. The zero-order valence-electron chi connectivity index (χ0n) is 12.2. The molecule has 0 aliphatic rings. The van der Waals surface area contributed by atoms with E-state index in [4.69, 9.17) is 9.47 Å². The monoisotopic (exact) mass is 300 g/mol. The second-order valence-corrected chi connectivity index (χ2v) is 4.46. The summed E-state index contributed by atoms with van der Waals surface area (Å²) in [5.41, 5.74) is 0.476. The van der Waals surface area contributed by atoms with Gasteiger partial charge in [-0.05, 0) is 36.4 Å². The van der Waals surface area contributed by atoms with Gasteiger partial charge in [-0.2, -0.15) is 0 Å². The second-order valence-electron chi connectivity index (χ2n) is 4.46. The van der Waals surface area contributed by atoms with E-state index < -0.39 is 17.3 Å². The molecule has 0 saturated carbocycles. The van der Waals surface area contributed by atoms with Crippen molar-refractivity contribution in [1.82, 2.24) is 0 Å².